The van der Waals surface area contributed by atoms with Crippen LogP contribution in [0.3, 0.4) is 0 Å². The fourth-order valence-corrected chi connectivity index (χ4v) is 1.70. The number of aromatic nitrogens is 4. The summed E-state index contributed by atoms with van der Waals surface area (Å²) in [5.41, 5.74) is 1.87. The van der Waals surface area contributed by atoms with Crippen molar-refractivity contribution in [1.82, 2.24) is 24.8 Å². The summed E-state index contributed by atoms with van der Waals surface area (Å²) in [6.07, 6.45) is 7.08. The van der Waals surface area contributed by atoms with Gasteiger partial charge in [0.15, 0.2) is 0 Å². The van der Waals surface area contributed by atoms with Gasteiger partial charge in [0.05, 0.1) is 22.4 Å². The maximum Gasteiger partial charge on any atom is 0.142 e. The molecule has 94 valence electrons. The van der Waals surface area contributed by atoms with Crippen LogP contribution in [0.1, 0.15) is 17.2 Å². The molecule has 0 saturated heterocycles. The lowest BCUT2D eigenvalue weighted by molar-refractivity contribution is 0.306. The summed E-state index contributed by atoms with van der Waals surface area (Å²) in [6, 6.07) is 0. The van der Waals surface area contributed by atoms with Crippen molar-refractivity contribution >= 4 is 15.9 Å². The number of aryl methyl sites for hydroxylation is 1. The van der Waals surface area contributed by atoms with Gasteiger partial charge in [-0.25, -0.2) is 9.97 Å². The molecule has 0 fully saturated rings. The molecular formula is C12H14BrN5. The molecule has 2 rings (SSSR count). The SMILES string of the molecule is Cc1cnc(CN(C)Cc2ncc(Br)cn2)cn1. The van der Waals surface area contributed by atoms with E-state index in [1.165, 1.54) is 0 Å². The molecule has 0 aliphatic heterocycles. The van der Waals surface area contributed by atoms with E-state index >= 15 is 0 Å². The van der Waals surface area contributed by atoms with E-state index < -0.39 is 0 Å². The minimum atomic E-state index is 0.683. The zero-order valence-corrected chi connectivity index (χ0v) is 11.9. The molecule has 18 heavy (non-hydrogen) atoms. The molecular weight excluding hydrogens is 294 g/mol. The Morgan fingerprint density at radius 1 is 1.00 bits per heavy atom. The lowest BCUT2D eigenvalue weighted by Crippen LogP contribution is -2.19. The summed E-state index contributed by atoms with van der Waals surface area (Å²) in [6.45, 7) is 3.34. The molecule has 0 radical (unpaired) electrons. The molecule has 0 bridgehead atoms. The quantitative estimate of drug-likeness (QED) is 0.864. The van der Waals surface area contributed by atoms with Crippen molar-refractivity contribution in [2.24, 2.45) is 0 Å². The maximum atomic E-state index is 4.32. The smallest absolute Gasteiger partial charge is 0.142 e. The van der Waals surface area contributed by atoms with Crippen molar-refractivity contribution in [3.8, 4) is 0 Å². The summed E-state index contributed by atoms with van der Waals surface area (Å²) in [7, 11) is 2.01. The van der Waals surface area contributed by atoms with Gasteiger partial charge in [0.2, 0.25) is 0 Å². The highest BCUT2D eigenvalue weighted by atomic mass is 79.9. The highest BCUT2D eigenvalue weighted by Gasteiger charge is 2.05. The van der Waals surface area contributed by atoms with E-state index in [9.17, 15) is 0 Å². The normalized spacial score (nSPS) is 10.9. The fourth-order valence-electron chi connectivity index (χ4n) is 1.50. The van der Waals surface area contributed by atoms with E-state index in [-0.39, 0.29) is 0 Å². The van der Waals surface area contributed by atoms with E-state index in [4.69, 9.17) is 0 Å². The topological polar surface area (TPSA) is 54.8 Å². The van der Waals surface area contributed by atoms with Crippen LogP contribution in [0.5, 0.6) is 0 Å². The van der Waals surface area contributed by atoms with Crippen LogP contribution in [-0.2, 0) is 13.1 Å². The van der Waals surface area contributed by atoms with Gasteiger partial charge < -0.3 is 0 Å². The number of halogens is 1. The number of nitrogens with zero attached hydrogens (tertiary/aromatic N) is 5. The summed E-state index contributed by atoms with van der Waals surface area (Å²) >= 11 is 3.32. The Labute approximate surface area is 114 Å². The molecule has 0 N–H and O–H groups in total. The van der Waals surface area contributed by atoms with Gasteiger partial charge in [0.25, 0.3) is 0 Å². The van der Waals surface area contributed by atoms with Crippen molar-refractivity contribution in [2.45, 2.75) is 20.0 Å². The van der Waals surface area contributed by atoms with Gasteiger partial charge in [0, 0.05) is 31.3 Å². The molecule has 2 heterocycles. The van der Waals surface area contributed by atoms with E-state index in [1.807, 2.05) is 14.0 Å². The van der Waals surface area contributed by atoms with Gasteiger partial charge in [-0.15, -0.1) is 0 Å². The first-order valence-electron chi connectivity index (χ1n) is 5.56. The van der Waals surface area contributed by atoms with Crippen LogP contribution in [0.2, 0.25) is 0 Å². The Morgan fingerprint density at radius 3 is 2.33 bits per heavy atom. The van der Waals surface area contributed by atoms with Crippen LogP contribution < -0.4 is 0 Å². The van der Waals surface area contributed by atoms with Gasteiger partial charge in [-0.2, -0.15) is 0 Å². The molecule has 2 aromatic rings. The molecule has 0 aliphatic rings. The van der Waals surface area contributed by atoms with Gasteiger partial charge in [0.1, 0.15) is 5.82 Å². The Morgan fingerprint density at radius 2 is 1.72 bits per heavy atom. The van der Waals surface area contributed by atoms with Crippen LogP contribution in [0, 0.1) is 6.92 Å². The van der Waals surface area contributed by atoms with Crippen LogP contribution in [0.15, 0.2) is 29.3 Å². The molecule has 0 aromatic carbocycles. The minimum Gasteiger partial charge on any atom is -0.293 e. The first kappa shape index (κ1) is 13.0. The molecule has 0 unspecified atom stereocenters. The Kier molecular flexibility index (Phi) is 4.33. The zero-order chi connectivity index (χ0) is 13.0. The first-order chi connectivity index (χ1) is 8.63. The Hall–Kier alpha value is -1.40. The Balaban J connectivity index is 1.94. The van der Waals surface area contributed by atoms with Gasteiger partial charge in [-0.3, -0.25) is 14.9 Å². The molecule has 0 amide bonds. The fraction of sp³-hybridized carbons (Fsp3) is 0.333. The largest absolute Gasteiger partial charge is 0.293 e. The van der Waals surface area contributed by atoms with E-state index in [0.29, 0.717) is 6.54 Å². The van der Waals surface area contributed by atoms with Crippen molar-refractivity contribution in [3.05, 3.63) is 46.5 Å². The van der Waals surface area contributed by atoms with Crippen molar-refractivity contribution < 1.29 is 0 Å². The van der Waals surface area contributed by atoms with Gasteiger partial charge >= 0.3 is 0 Å². The molecule has 2 aromatic heterocycles. The first-order valence-corrected chi connectivity index (χ1v) is 6.35. The number of hydrogen-bond acceptors (Lipinski definition) is 5. The third-order valence-corrected chi connectivity index (χ3v) is 2.76. The third kappa shape index (κ3) is 3.82. The minimum absolute atomic E-state index is 0.683. The number of rotatable bonds is 4. The molecule has 0 aliphatic carbocycles. The average Bonchev–Trinajstić information content (AvgIpc) is 2.35. The zero-order valence-electron chi connectivity index (χ0n) is 10.3. The second-order valence-electron chi connectivity index (χ2n) is 4.14. The lowest BCUT2D eigenvalue weighted by Gasteiger charge is -2.14. The molecule has 0 atom stereocenters. The van der Waals surface area contributed by atoms with Crippen LogP contribution in [0.4, 0.5) is 0 Å². The molecule has 0 saturated carbocycles. The van der Waals surface area contributed by atoms with Crippen molar-refractivity contribution in [1.29, 1.82) is 0 Å². The highest BCUT2D eigenvalue weighted by Crippen LogP contribution is 2.06. The van der Waals surface area contributed by atoms with Crippen LogP contribution in [0.25, 0.3) is 0 Å². The second-order valence-corrected chi connectivity index (χ2v) is 5.05. The highest BCUT2D eigenvalue weighted by molar-refractivity contribution is 9.10. The molecule has 6 heteroatoms. The summed E-state index contributed by atoms with van der Waals surface area (Å²) in [5.74, 6) is 0.792. The van der Waals surface area contributed by atoms with Crippen LogP contribution >= 0.6 is 15.9 Å². The molecule has 0 spiro atoms. The molecule has 5 nitrogen and oxygen atoms in total. The standard InChI is InChI=1S/C12H14BrN5/c1-9-3-15-11(6-14-9)7-18(2)8-12-16-4-10(13)5-17-12/h3-6H,7-8H2,1-2H3. The van der Waals surface area contributed by atoms with Crippen LogP contribution in [-0.4, -0.2) is 31.9 Å². The van der Waals surface area contributed by atoms with Gasteiger partial charge in [-0.1, -0.05) is 0 Å². The van der Waals surface area contributed by atoms with Gasteiger partial charge in [-0.05, 0) is 29.9 Å². The monoisotopic (exact) mass is 307 g/mol. The predicted octanol–water partition coefficient (Wildman–Crippen LogP) is 1.97. The van der Waals surface area contributed by atoms with Crippen molar-refractivity contribution in [2.75, 3.05) is 7.05 Å². The summed E-state index contributed by atoms with van der Waals surface area (Å²) in [4.78, 5) is 19.1. The second kappa shape index (κ2) is 5.97. The predicted molar refractivity (Wildman–Crippen MR) is 71.7 cm³/mol. The van der Waals surface area contributed by atoms with E-state index in [1.54, 1.807) is 24.8 Å². The summed E-state index contributed by atoms with van der Waals surface area (Å²) in [5, 5.41) is 0. The van der Waals surface area contributed by atoms with E-state index in [2.05, 4.69) is 40.8 Å². The van der Waals surface area contributed by atoms with Crippen molar-refractivity contribution in [3.63, 3.8) is 0 Å². The average molecular weight is 308 g/mol. The maximum absolute atomic E-state index is 4.32. The number of hydrogen-bond donors (Lipinski definition) is 0. The van der Waals surface area contributed by atoms with E-state index in [0.717, 1.165) is 28.2 Å². The lowest BCUT2D eigenvalue weighted by atomic mass is 10.4. The summed E-state index contributed by atoms with van der Waals surface area (Å²) < 4.78 is 0.887. The third-order valence-electron chi connectivity index (χ3n) is 2.35. The Bertz CT molecular complexity index is 449.